The minimum absolute atomic E-state index is 0.375. The van der Waals surface area contributed by atoms with Gasteiger partial charge in [0.15, 0.2) is 4.90 Å². The fourth-order valence-electron chi connectivity index (χ4n) is 2.15. The van der Waals surface area contributed by atoms with Crippen LogP contribution in [0.1, 0.15) is 19.4 Å². The highest BCUT2D eigenvalue weighted by atomic mass is 31.2. The first-order chi connectivity index (χ1) is 8.52. The molecule has 0 aromatic heterocycles. The highest BCUT2D eigenvalue weighted by Crippen LogP contribution is 2.73. The van der Waals surface area contributed by atoms with Crippen LogP contribution >= 0.6 is 15.2 Å². The Bertz CT molecular complexity index is 493. The predicted molar refractivity (Wildman–Crippen MR) is 71.8 cm³/mol. The van der Waals surface area contributed by atoms with Crippen molar-refractivity contribution in [1.29, 1.82) is 0 Å². The van der Waals surface area contributed by atoms with E-state index in [2.05, 4.69) is 0 Å². The van der Waals surface area contributed by atoms with Crippen molar-refractivity contribution < 1.29 is 28.7 Å². The van der Waals surface area contributed by atoms with Crippen molar-refractivity contribution in [2.24, 2.45) is 5.92 Å². The van der Waals surface area contributed by atoms with Crippen LogP contribution < -0.4 is 0 Å². The lowest BCUT2D eigenvalue weighted by atomic mass is 10.0. The van der Waals surface area contributed by atoms with Gasteiger partial charge in [-0.25, -0.2) is 0 Å². The van der Waals surface area contributed by atoms with Gasteiger partial charge in [0, 0.05) is 6.42 Å². The molecule has 0 aliphatic rings. The monoisotopic (exact) mass is 308 g/mol. The maximum Gasteiger partial charge on any atom is 0.344 e. The van der Waals surface area contributed by atoms with Crippen LogP contribution in [-0.2, 0) is 15.6 Å². The number of hydrogen-bond acceptors (Lipinski definition) is 2. The number of hydrogen-bond donors (Lipinski definition) is 4. The van der Waals surface area contributed by atoms with Gasteiger partial charge in [0.1, 0.15) is 0 Å². The second-order valence-electron chi connectivity index (χ2n) is 4.78. The molecular formula is C11H18O6P2. The third kappa shape index (κ3) is 3.16. The molecule has 0 amide bonds. The van der Waals surface area contributed by atoms with Gasteiger partial charge in [0.2, 0.25) is 0 Å². The van der Waals surface area contributed by atoms with Gasteiger partial charge in [-0.05, 0) is 11.5 Å². The molecule has 0 aliphatic heterocycles. The van der Waals surface area contributed by atoms with E-state index < -0.39 is 26.0 Å². The zero-order chi connectivity index (χ0) is 14.9. The summed E-state index contributed by atoms with van der Waals surface area (Å²) >= 11 is 0. The first-order valence-corrected chi connectivity index (χ1v) is 8.90. The van der Waals surface area contributed by atoms with Crippen LogP contribution in [0.3, 0.4) is 0 Å². The molecule has 1 aromatic rings. The molecule has 0 saturated heterocycles. The predicted octanol–water partition coefficient (Wildman–Crippen LogP) is 1.94. The maximum absolute atomic E-state index is 11.7. The van der Waals surface area contributed by atoms with Gasteiger partial charge in [-0.1, -0.05) is 44.2 Å². The lowest BCUT2D eigenvalue weighted by molar-refractivity contribution is 0.279. The van der Waals surface area contributed by atoms with Gasteiger partial charge in [0.05, 0.1) is 0 Å². The quantitative estimate of drug-likeness (QED) is 0.618. The lowest BCUT2D eigenvalue weighted by Gasteiger charge is -2.38. The van der Waals surface area contributed by atoms with Crippen molar-refractivity contribution in [3.63, 3.8) is 0 Å². The van der Waals surface area contributed by atoms with E-state index in [9.17, 15) is 28.7 Å². The number of rotatable bonds is 5. The Kier molecular flexibility index (Phi) is 4.79. The summed E-state index contributed by atoms with van der Waals surface area (Å²) in [6.07, 6.45) is -0.375. The molecule has 0 heterocycles. The molecule has 0 radical (unpaired) electrons. The Morgan fingerprint density at radius 2 is 1.42 bits per heavy atom. The van der Waals surface area contributed by atoms with Crippen LogP contribution in [0.2, 0.25) is 0 Å². The van der Waals surface area contributed by atoms with Crippen molar-refractivity contribution in [1.82, 2.24) is 0 Å². The van der Waals surface area contributed by atoms with Crippen molar-refractivity contribution in [3.8, 4) is 0 Å². The van der Waals surface area contributed by atoms with Crippen LogP contribution in [0, 0.1) is 5.92 Å². The standard InChI is InChI=1S/C11H18O6P2/c1-9(2)11(18(12,13)14,19(15,16)17)8-10-6-4-3-5-7-10/h3-7,9H,8H2,1-2H3,(H2,12,13,14)(H2,15,16,17). The van der Waals surface area contributed by atoms with Crippen LogP contribution in [0.25, 0.3) is 0 Å². The van der Waals surface area contributed by atoms with E-state index in [0.717, 1.165) is 0 Å². The van der Waals surface area contributed by atoms with Crippen molar-refractivity contribution in [2.75, 3.05) is 0 Å². The van der Waals surface area contributed by atoms with Crippen LogP contribution in [0.4, 0.5) is 0 Å². The molecule has 108 valence electrons. The van der Waals surface area contributed by atoms with Crippen LogP contribution in [0.15, 0.2) is 30.3 Å². The van der Waals surface area contributed by atoms with E-state index >= 15 is 0 Å². The summed E-state index contributed by atoms with van der Waals surface area (Å²) < 4.78 is 23.5. The first kappa shape index (κ1) is 16.6. The summed E-state index contributed by atoms with van der Waals surface area (Å²) in [5.41, 5.74) is 0.475. The molecule has 0 fully saturated rings. The molecule has 8 heteroatoms. The highest BCUT2D eigenvalue weighted by Gasteiger charge is 2.61. The van der Waals surface area contributed by atoms with Gasteiger partial charge in [0.25, 0.3) is 0 Å². The zero-order valence-corrected chi connectivity index (χ0v) is 12.5. The fourth-order valence-corrected chi connectivity index (χ4v) is 5.63. The fraction of sp³-hybridized carbons (Fsp3) is 0.455. The molecule has 0 unspecified atom stereocenters. The number of benzene rings is 1. The van der Waals surface area contributed by atoms with Crippen molar-refractivity contribution in [2.45, 2.75) is 25.2 Å². The van der Waals surface area contributed by atoms with E-state index in [4.69, 9.17) is 0 Å². The molecule has 0 atom stereocenters. The Hall–Kier alpha value is -0.480. The van der Waals surface area contributed by atoms with Crippen LogP contribution in [0.5, 0.6) is 0 Å². The van der Waals surface area contributed by atoms with Gasteiger partial charge >= 0.3 is 15.2 Å². The Morgan fingerprint density at radius 3 is 1.74 bits per heavy atom. The first-order valence-electron chi connectivity index (χ1n) is 5.67. The van der Waals surface area contributed by atoms with Crippen LogP contribution in [-0.4, -0.2) is 24.5 Å². The summed E-state index contributed by atoms with van der Waals surface area (Å²) in [6, 6.07) is 8.19. The largest absolute Gasteiger partial charge is 0.344 e. The molecule has 0 spiro atoms. The Morgan fingerprint density at radius 1 is 1.00 bits per heavy atom. The Balaban J connectivity index is 3.43. The van der Waals surface area contributed by atoms with Crippen molar-refractivity contribution >= 4 is 15.2 Å². The molecule has 19 heavy (non-hydrogen) atoms. The average molecular weight is 308 g/mol. The summed E-state index contributed by atoms with van der Waals surface area (Å²) in [5.74, 6) is -0.880. The van der Waals surface area contributed by atoms with Gasteiger partial charge in [-0.2, -0.15) is 0 Å². The smallest absolute Gasteiger partial charge is 0.324 e. The van der Waals surface area contributed by atoms with E-state index in [1.807, 2.05) is 0 Å². The SMILES string of the molecule is CC(C)C(Cc1ccccc1)(P(=O)(O)O)P(=O)(O)O. The van der Waals surface area contributed by atoms with E-state index in [1.54, 1.807) is 30.3 Å². The van der Waals surface area contributed by atoms with Gasteiger partial charge in [-0.3, -0.25) is 9.13 Å². The second-order valence-corrected chi connectivity index (χ2v) is 8.91. The minimum atomic E-state index is -5.01. The summed E-state index contributed by atoms with van der Waals surface area (Å²) in [4.78, 5) is 35.7. The minimum Gasteiger partial charge on any atom is -0.324 e. The molecule has 0 aliphatic carbocycles. The average Bonchev–Trinajstić information content (AvgIpc) is 2.23. The summed E-state index contributed by atoms with van der Waals surface area (Å²) in [6.45, 7) is 2.81. The van der Waals surface area contributed by atoms with Gasteiger partial charge in [-0.15, -0.1) is 0 Å². The summed E-state index contributed by atoms with van der Waals surface area (Å²) in [7, 11) is -10.0. The Labute approximate surface area is 111 Å². The molecule has 0 bridgehead atoms. The van der Waals surface area contributed by atoms with E-state index in [0.29, 0.717) is 5.56 Å². The molecule has 4 N–H and O–H groups in total. The molecule has 1 rings (SSSR count). The summed E-state index contributed by atoms with van der Waals surface area (Å²) in [5, 5.41) is 0. The van der Waals surface area contributed by atoms with E-state index in [-0.39, 0.29) is 6.42 Å². The highest BCUT2D eigenvalue weighted by molar-refractivity contribution is 7.72. The molecular weight excluding hydrogens is 290 g/mol. The molecule has 1 aromatic carbocycles. The topological polar surface area (TPSA) is 115 Å². The van der Waals surface area contributed by atoms with Crippen molar-refractivity contribution in [3.05, 3.63) is 35.9 Å². The zero-order valence-electron chi connectivity index (χ0n) is 10.7. The lowest BCUT2D eigenvalue weighted by Crippen LogP contribution is -2.37. The normalized spacial score (nSPS) is 13.8. The third-order valence-electron chi connectivity index (χ3n) is 3.24. The molecule has 6 nitrogen and oxygen atoms in total. The second kappa shape index (κ2) is 5.49. The third-order valence-corrected chi connectivity index (χ3v) is 8.17. The maximum atomic E-state index is 11.7. The molecule has 0 saturated carbocycles. The van der Waals surface area contributed by atoms with Gasteiger partial charge < -0.3 is 19.6 Å². The van der Waals surface area contributed by atoms with E-state index in [1.165, 1.54) is 13.8 Å².